The molecule has 0 fully saturated rings. The molecule has 14 heteroatoms. The maximum Gasteiger partial charge on any atom is 0.337 e. The van der Waals surface area contributed by atoms with E-state index in [-0.39, 0.29) is 32.3 Å². The Labute approximate surface area is 305 Å². The molecule has 0 aliphatic rings. The Morgan fingerprint density at radius 2 is 0.942 bits per heavy atom. The Bertz CT molecular complexity index is 1950. The van der Waals surface area contributed by atoms with Gasteiger partial charge < -0.3 is 20.8 Å². The predicted octanol–water partition coefficient (Wildman–Crippen LogP) is 7.45. The molecule has 4 aromatic rings. The van der Waals surface area contributed by atoms with Crippen LogP contribution in [0.4, 0.5) is 22.7 Å². The third-order valence-electron chi connectivity index (χ3n) is 8.11. The van der Waals surface area contributed by atoms with Crippen LogP contribution in [0, 0.1) is 0 Å². The molecule has 0 radical (unpaired) electrons. The van der Waals surface area contributed by atoms with Gasteiger partial charge in [-0.25, -0.2) is 26.4 Å². The number of aryl methyl sites for hydroxylation is 2. The summed E-state index contributed by atoms with van der Waals surface area (Å²) < 4.78 is 56.7. The normalized spacial score (nSPS) is 11.7. The maximum absolute atomic E-state index is 13.0. The molecule has 4 aromatic carbocycles. The number of rotatable bonds is 20. The van der Waals surface area contributed by atoms with Gasteiger partial charge in [0.15, 0.2) is 0 Å². The second-order valence-corrected chi connectivity index (χ2v) is 15.4. The molecule has 0 atom stereocenters. The first-order valence-corrected chi connectivity index (χ1v) is 19.9. The number of anilines is 4. The van der Waals surface area contributed by atoms with Crippen LogP contribution in [0.15, 0.2) is 107 Å². The summed E-state index contributed by atoms with van der Waals surface area (Å²) >= 11 is 0. The van der Waals surface area contributed by atoms with Crippen molar-refractivity contribution in [3.63, 3.8) is 0 Å². The number of hydrogen-bond donors (Lipinski definition) is 6. The molecule has 0 saturated heterocycles. The molecule has 0 unspecified atom stereocenters. The van der Waals surface area contributed by atoms with Gasteiger partial charge in [-0.05, 0) is 97.5 Å². The largest absolute Gasteiger partial charge is 0.478 e. The summed E-state index contributed by atoms with van der Waals surface area (Å²) in [6, 6.07) is 21.6. The quantitative estimate of drug-likeness (QED) is 0.0495. The van der Waals surface area contributed by atoms with Gasteiger partial charge in [0.25, 0.3) is 20.0 Å². The molecular weight excluding hydrogens is 705 g/mol. The first-order chi connectivity index (χ1) is 24.8. The number of nitrogens with one attached hydrogen (secondary N) is 4. The SMILES string of the molecule is CCCCc1ccc(S(=O)(=O)Nc2ccc(NC/C=C\CNc3ccc(NS(=O)(=O)c4ccc(CCCC)cc4)c(C(=O)O)c3)cc2C(=O)O)cc1. The van der Waals surface area contributed by atoms with Crippen molar-refractivity contribution in [2.45, 2.75) is 62.2 Å². The maximum atomic E-state index is 13.0. The van der Waals surface area contributed by atoms with Gasteiger partial charge in [0.1, 0.15) is 0 Å². The molecule has 4 rings (SSSR count). The topological polar surface area (TPSA) is 191 Å². The Morgan fingerprint density at radius 3 is 1.27 bits per heavy atom. The van der Waals surface area contributed by atoms with Gasteiger partial charge >= 0.3 is 11.9 Å². The molecule has 0 heterocycles. The standard InChI is InChI=1S/C38H44N4O8S2/c1-3-5-9-27-11-17-31(18-12-27)51(47,48)41-35-21-15-29(25-33(35)37(43)44)39-23-7-8-24-40-30-16-22-36(34(26-30)38(45)46)42-52(49,50)32-19-13-28(14-20-32)10-6-4-2/h7-8,11-22,25-26,39-42H,3-6,9-10,23-24H2,1-2H3,(H,43,44)(H,45,46)/b8-7-. The van der Waals surface area contributed by atoms with Crippen LogP contribution in [-0.2, 0) is 32.9 Å². The lowest BCUT2D eigenvalue weighted by Crippen LogP contribution is -2.16. The van der Waals surface area contributed by atoms with Gasteiger partial charge in [-0.3, -0.25) is 9.44 Å². The van der Waals surface area contributed by atoms with Crippen molar-refractivity contribution in [3.05, 3.63) is 119 Å². The molecule has 0 aliphatic carbocycles. The zero-order valence-corrected chi connectivity index (χ0v) is 30.7. The van der Waals surface area contributed by atoms with Crippen molar-refractivity contribution >= 4 is 54.7 Å². The first kappa shape index (κ1) is 39.4. The highest BCUT2D eigenvalue weighted by Crippen LogP contribution is 2.26. The van der Waals surface area contributed by atoms with E-state index >= 15 is 0 Å². The third kappa shape index (κ3) is 11.1. The van der Waals surface area contributed by atoms with E-state index in [0.29, 0.717) is 24.5 Å². The average molecular weight is 749 g/mol. The highest BCUT2D eigenvalue weighted by Gasteiger charge is 2.21. The monoisotopic (exact) mass is 748 g/mol. The lowest BCUT2D eigenvalue weighted by molar-refractivity contribution is 0.0687. The van der Waals surface area contributed by atoms with Crippen LogP contribution < -0.4 is 20.1 Å². The van der Waals surface area contributed by atoms with Gasteiger partial charge in [-0.15, -0.1) is 0 Å². The minimum atomic E-state index is -4.02. The summed E-state index contributed by atoms with van der Waals surface area (Å²) in [5, 5.41) is 25.7. The fourth-order valence-electron chi connectivity index (χ4n) is 5.20. The van der Waals surface area contributed by atoms with E-state index in [9.17, 15) is 36.6 Å². The number of unbranched alkanes of at least 4 members (excludes halogenated alkanes) is 2. The van der Waals surface area contributed by atoms with Crippen molar-refractivity contribution in [1.29, 1.82) is 0 Å². The highest BCUT2D eigenvalue weighted by molar-refractivity contribution is 7.93. The predicted molar refractivity (Wildman–Crippen MR) is 205 cm³/mol. The molecule has 276 valence electrons. The number of hydrogen-bond acceptors (Lipinski definition) is 8. The molecule has 6 N–H and O–H groups in total. The van der Waals surface area contributed by atoms with Crippen LogP contribution >= 0.6 is 0 Å². The van der Waals surface area contributed by atoms with E-state index in [1.165, 1.54) is 48.5 Å². The molecule has 12 nitrogen and oxygen atoms in total. The van der Waals surface area contributed by atoms with Gasteiger partial charge in [0.2, 0.25) is 0 Å². The lowest BCUT2D eigenvalue weighted by atomic mass is 10.1. The number of aromatic carboxylic acids is 2. The van der Waals surface area contributed by atoms with Crippen molar-refractivity contribution in [1.82, 2.24) is 0 Å². The second kappa shape index (κ2) is 18.2. The molecule has 0 aromatic heterocycles. The third-order valence-corrected chi connectivity index (χ3v) is 10.9. The van der Waals surface area contributed by atoms with Gasteiger partial charge in [-0.1, -0.05) is 63.1 Å². The fraction of sp³-hybridized carbons (Fsp3) is 0.263. The van der Waals surface area contributed by atoms with Crippen LogP contribution in [0.3, 0.4) is 0 Å². The Hall–Kier alpha value is -5.34. The summed E-state index contributed by atoms with van der Waals surface area (Å²) in [6.07, 6.45) is 9.26. The van der Waals surface area contributed by atoms with Crippen LogP contribution in [-0.4, -0.2) is 52.1 Å². The van der Waals surface area contributed by atoms with Crippen LogP contribution in [0.25, 0.3) is 0 Å². The molecule has 0 amide bonds. The molecule has 0 bridgehead atoms. The first-order valence-electron chi connectivity index (χ1n) is 16.9. The van der Waals surface area contributed by atoms with E-state index in [4.69, 9.17) is 0 Å². The van der Waals surface area contributed by atoms with E-state index < -0.39 is 32.0 Å². The van der Waals surface area contributed by atoms with Gasteiger partial charge in [0, 0.05) is 24.5 Å². The van der Waals surface area contributed by atoms with Crippen LogP contribution in [0.5, 0.6) is 0 Å². The number of carboxylic acids is 2. The van der Waals surface area contributed by atoms with Crippen LogP contribution in [0.2, 0.25) is 0 Å². The summed E-state index contributed by atoms with van der Waals surface area (Å²) in [5.41, 5.74) is 2.38. The Morgan fingerprint density at radius 1 is 0.577 bits per heavy atom. The van der Waals surface area contributed by atoms with Crippen molar-refractivity contribution < 1.29 is 36.6 Å². The number of sulfonamides is 2. The Balaban J connectivity index is 1.32. The van der Waals surface area contributed by atoms with Crippen molar-refractivity contribution in [2.75, 3.05) is 33.2 Å². The Kier molecular flexibility index (Phi) is 13.8. The van der Waals surface area contributed by atoms with Crippen molar-refractivity contribution in [2.24, 2.45) is 0 Å². The minimum absolute atomic E-state index is 0.0314. The van der Waals surface area contributed by atoms with E-state index in [0.717, 1.165) is 49.7 Å². The molecule has 0 saturated carbocycles. The number of carboxylic acid groups (broad SMARTS) is 2. The average Bonchev–Trinajstić information content (AvgIpc) is 3.12. The van der Waals surface area contributed by atoms with E-state index in [1.54, 1.807) is 48.6 Å². The zero-order chi connectivity index (χ0) is 37.7. The molecule has 0 aliphatic heterocycles. The summed E-state index contributed by atoms with van der Waals surface area (Å²) in [7, 11) is -8.04. The van der Waals surface area contributed by atoms with Gasteiger partial charge in [0.05, 0.1) is 32.3 Å². The van der Waals surface area contributed by atoms with E-state index in [2.05, 4.69) is 33.9 Å². The summed E-state index contributed by atoms with van der Waals surface area (Å²) in [5.74, 6) is -2.60. The van der Waals surface area contributed by atoms with Crippen molar-refractivity contribution in [3.8, 4) is 0 Å². The summed E-state index contributed by atoms with van der Waals surface area (Å²) in [6.45, 7) is 4.76. The molecule has 0 spiro atoms. The number of carbonyl (C=O) groups is 2. The highest BCUT2D eigenvalue weighted by atomic mass is 32.2. The second-order valence-electron chi connectivity index (χ2n) is 12.1. The number of benzene rings is 4. The molecular formula is C38H44N4O8S2. The fourth-order valence-corrected chi connectivity index (χ4v) is 7.36. The lowest BCUT2D eigenvalue weighted by Gasteiger charge is -2.13. The zero-order valence-electron chi connectivity index (χ0n) is 29.1. The smallest absolute Gasteiger partial charge is 0.337 e. The van der Waals surface area contributed by atoms with Crippen LogP contribution in [0.1, 0.15) is 71.4 Å². The molecule has 52 heavy (non-hydrogen) atoms. The van der Waals surface area contributed by atoms with Gasteiger partial charge in [-0.2, -0.15) is 0 Å². The summed E-state index contributed by atoms with van der Waals surface area (Å²) in [4.78, 5) is 24.1. The van der Waals surface area contributed by atoms with E-state index in [1.807, 2.05) is 0 Å². The minimum Gasteiger partial charge on any atom is -0.478 e.